The van der Waals surface area contributed by atoms with Crippen LogP contribution in [-0.4, -0.2) is 18.6 Å². The number of halogens is 1. The van der Waals surface area contributed by atoms with Crippen molar-refractivity contribution in [3.05, 3.63) is 70.6 Å². The van der Waals surface area contributed by atoms with Gasteiger partial charge in [-0.15, -0.1) is 10.2 Å². The third-order valence-corrected chi connectivity index (χ3v) is 6.43. The molecule has 0 aliphatic heterocycles. The normalized spacial score (nSPS) is 12.9. The van der Waals surface area contributed by atoms with E-state index < -0.39 is 16.1 Å². The molecule has 1 unspecified atom stereocenters. The summed E-state index contributed by atoms with van der Waals surface area (Å²) in [7, 11) is -3.67. The molecule has 142 valence electrons. The van der Waals surface area contributed by atoms with Gasteiger partial charge < -0.3 is 4.42 Å². The van der Waals surface area contributed by atoms with Crippen molar-refractivity contribution in [3.63, 3.8) is 0 Å². The molecular weight excluding hydrogens is 406 g/mol. The highest BCUT2D eigenvalue weighted by atomic mass is 35.5. The molecule has 3 rings (SSSR count). The molecule has 0 aliphatic carbocycles. The highest BCUT2D eigenvalue weighted by Gasteiger charge is 2.22. The zero-order valence-electron chi connectivity index (χ0n) is 14.7. The van der Waals surface area contributed by atoms with Crippen LogP contribution in [-0.2, 0) is 15.8 Å². The van der Waals surface area contributed by atoms with E-state index in [-0.39, 0.29) is 10.8 Å². The number of aromatic nitrogens is 2. The maximum Gasteiger partial charge on any atom is 0.276 e. The van der Waals surface area contributed by atoms with Crippen molar-refractivity contribution in [2.45, 2.75) is 35.8 Å². The van der Waals surface area contributed by atoms with Crippen LogP contribution < -0.4 is 4.72 Å². The van der Waals surface area contributed by atoms with Gasteiger partial charge in [-0.3, -0.25) is 0 Å². The van der Waals surface area contributed by atoms with Gasteiger partial charge in [0.2, 0.25) is 15.9 Å². The number of hydrogen-bond acceptors (Lipinski definition) is 6. The van der Waals surface area contributed by atoms with Gasteiger partial charge in [0.25, 0.3) is 5.22 Å². The third-order valence-electron chi connectivity index (χ3n) is 3.73. The molecule has 1 atom stereocenters. The Bertz CT molecular complexity index is 1000. The summed E-state index contributed by atoms with van der Waals surface area (Å²) in [5, 5.41) is 8.97. The summed E-state index contributed by atoms with van der Waals surface area (Å²) in [6.07, 6.45) is 0. The molecule has 1 aromatic heterocycles. The first-order chi connectivity index (χ1) is 12.8. The van der Waals surface area contributed by atoms with Gasteiger partial charge in [0.05, 0.1) is 10.9 Å². The zero-order chi connectivity index (χ0) is 19.4. The first-order valence-corrected chi connectivity index (χ1v) is 11.0. The van der Waals surface area contributed by atoms with Crippen LogP contribution in [0.1, 0.15) is 30.0 Å². The average molecular weight is 424 g/mol. The molecule has 0 amide bonds. The van der Waals surface area contributed by atoms with Gasteiger partial charge in [0, 0.05) is 10.8 Å². The second kappa shape index (κ2) is 8.43. The molecule has 27 heavy (non-hydrogen) atoms. The topological polar surface area (TPSA) is 85.1 Å². The van der Waals surface area contributed by atoms with Gasteiger partial charge in [-0.25, -0.2) is 8.42 Å². The Morgan fingerprint density at radius 2 is 1.78 bits per heavy atom. The first-order valence-electron chi connectivity index (χ1n) is 8.13. The summed E-state index contributed by atoms with van der Waals surface area (Å²) in [5.41, 5.74) is 2.05. The molecule has 0 spiro atoms. The Morgan fingerprint density at radius 3 is 2.44 bits per heavy atom. The fraction of sp³-hybridized carbons (Fsp3) is 0.222. The molecule has 6 nitrogen and oxygen atoms in total. The lowest BCUT2D eigenvalue weighted by Gasteiger charge is -2.10. The van der Waals surface area contributed by atoms with Crippen LogP contribution >= 0.6 is 23.4 Å². The fourth-order valence-electron chi connectivity index (χ4n) is 2.25. The van der Waals surface area contributed by atoms with Crippen LogP contribution in [0.25, 0.3) is 0 Å². The first kappa shape index (κ1) is 19.9. The fourth-order valence-corrected chi connectivity index (χ4v) is 4.30. The van der Waals surface area contributed by atoms with Crippen LogP contribution in [0.4, 0.5) is 0 Å². The minimum absolute atomic E-state index is 0.191. The Kier molecular flexibility index (Phi) is 6.21. The standard InChI is InChI=1S/C18H18ClN3O3S2/c1-12-3-9-16(10-4-12)27(23,24)22-13(2)17-20-21-18(25-17)26-11-14-5-7-15(19)8-6-14/h3-10,13,22H,11H2,1-2H3. The molecule has 1 heterocycles. The van der Waals surface area contributed by atoms with E-state index in [2.05, 4.69) is 14.9 Å². The van der Waals surface area contributed by atoms with Crippen LogP contribution in [0.3, 0.4) is 0 Å². The van der Waals surface area contributed by atoms with E-state index in [9.17, 15) is 8.42 Å². The van der Waals surface area contributed by atoms with Gasteiger partial charge in [-0.2, -0.15) is 4.72 Å². The van der Waals surface area contributed by atoms with Crippen molar-refractivity contribution in [2.24, 2.45) is 0 Å². The minimum Gasteiger partial charge on any atom is -0.414 e. The number of thioether (sulfide) groups is 1. The average Bonchev–Trinajstić information content (AvgIpc) is 3.10. The SMILES string of the molecule is Cc1ccc(S(=O)(=O)NC(C)c2nnc(SCc3ccc(Cl)cc3)o2)cc1. The van der Waals surface area contributed by atoms with Crippen LogP contribution in [0.15, 0.2) is 63.1 Å². The van der Waals surface area contributed by atoms with E-state index in [1.807, 2.05) is 31.2 Å². The molecule has 2 aromatic carbocycles. The summed E-state index contributed by atoms with van der Waals surface area (Å²) in [5.74, 6) is 0.853. The van der Waals surface area contributed by atoms with Crippen molar-refractivity contribution in [1.82, 2.24) is 14.9 Å². The Balaban J connectivity index is 1.63. The molecule has 0 saturated heterocycles. The van der Waals surface area contributed by atoms with E-state index >= 15 is 0 Å². The van der Waals surface area contributed by atoms with Crippen LogP contribution in [0.5, 0.6) is 0 Å². The van der Waals surface area contributed by atoms with Crippen LogP contribution in [0, 0.1) is 6.92 Å². The summed E-state index contributed by atoms with van der Waals surface area (Å²) in [4.78, 5) is 0.191. The lowest BCUT2D eigenvalue weighted by atomic mass is 10.2. The van der Waals surface area contributed by atoms with Gasteiger partial charge in [0.1, 0.15) is 0 Å². The van der Waals surface area contributed by atoms with Crippen molar-refractivity contribution >= 4 is 33.4 Å². The molecule has 0 bridgehead atoms. The zero-order valence-corrected chi connectivity index (χ0v) is 17.1. The van der Waals surface area contributed by atoms with E-state index in [1.165, 1.54) is 11.8 Å². The van der Waals surface area contributed by atoms with Crippen molar-refractivity contribution in [1.29, 1.82) is 0 Å². The molecule has 0 fully saturated rings. The predicted octanol–water partition coefficient (Wildman–Crippen LogP) is 4.36. The lowest BCUT2D eigenvalue weighted by molar-refractivity contribution is 0.384. The highest BCUT2D eigenvalue weighted by molar-refractivity contribution is 7.98. The summed E-state index contributed by atoms with van der Waals surface area (Å²) in [6.45, 7) is 3.56. The molecule has 1 N–H and O–H groups in total. The second-order valence-corrected chi connectivity index (χ2v) is 9.05. The van der Waals surface area contributed by atoms with Gasteiger partial charge in [0.15, 0.2) is 0 Å². The predicted molar refractivity (Wildman–Crippen MR) is 105 cm³/mol. The van der Waals surface area contributed by atoms with Crippen molar-refractivity contribution < 1.29 is 12.8 Å². The molecular formula is C18H18ClN3O3S2. The molecule has 9 heteroatoms. The largest absolute Gasteiger partial charge is 0.414 e. The molecule has 0 aliphatic rings. The quantitative estimate of drug-likeness (QED) is 0.568. The van der Waals surface area contributed by atoms with Gasteiger partial charge in [-0.1, -0.05) is 53.2 Å². The number of benzene rings is 2. The maximum atomic E-state index is 12.5. The van der Waals surface area contributed by atoms with Crippen molar-refractivity contribution in [2.75, 3.05) is 0 Å². The van der Waals surface area contributed by atoms with Gasteiger partial charge >= 0.3 is 0 Å². The van der Waals surface area contributed by atoms with E-state index in [0.717, 1.165) is 11.1 Å². The number of nitrogens with one attached hydrogen (secondary N) is 1. The number of sulfonamides is 1. The smallest absolute Gasteiger partial charge is 0.276 e. The minimum atomic E-state index is -3.67. The van der Waals surface area contributed by atoms with Gasteiger partial charge in [-0.05, 0) is 43.7 Å². The number of rotatable bonds is 7. The van der Waals surface area contributed by atoms with Crippen LogP contribution in [0.2, 0.25) is 5.02 Å². The van der Waals surface area contributed by atoms with E-state index in [0.29, 0.717) is 16.0 Å². The third kappa shape index (κ3) is 5.32. The summed E-state index contributed by atoms with van der Waals surface area (Å²) >= 11 is 7.24. The molecule has 3 aromatic rings. The Hall–Kier alpha value is -1.87. The summed E-state index contributed by atoms with van der Waals surface area (Å²) in [6, 6.07) is 13.5. The molecule has 0 saturated carbocycles. The Labute approximate surface area is 167 Å². The number of hydrogen-bond donors (Lipinski definition) is 1. The monoisotopic (exact) mass is 423 g/mol. The van der Waals surface area contributed by atoms with E-state index in [1.54, 1.807) is 31.2 Å². The number of aryl methyl sites for hydroxylation is 1. The molecule has 0 radical (unpaired) electrons. The van der Waals surface area contributed by atoms with E-state index in [4.69, 9.17) is 16.0 Å². The lowest BCUT2D eigenvalue weighted by Crippen LogP contribution is -2.27. The summed E-state index contributed by atoms with van der Waals surface area (Å²) < 4.78 is 33.0. The Morgan fingerprint density at radius 1 is 1.11 bits per heavy atom. The number of nitrogens with zero attached hydrogens (tertiary/aromatic N) is 2. The highest BCUT2D eigenvalue weighted by Crippen LogP contribution is 2.24. The maximum absolute atomic E-state index is 12.5. The second-order valence-electron chi connectivity index (χ2n) is 5.98. The van der Waals surface area contributed by atoms with Crippen molar-refractivity contribution in [3.8, 4) is 0 Å².